The molecular formula is C22H28N4O7. The summed E-state index contributed by atoms with van der Waals surface area (Å²) in [7, 11) is 3.02. The van der Waals surface area contributed by atoms with Gasteiger partial charge in [0.15, 0.2) is 11.5 Å². The zero-order valence-electron chi connectivity index (χ0n) is 18.6. The number of ketones is 1. The van der Waals surface area contributed by atoms with Crippen molar-refractivity contribution in [1.29, 1.82) is 0 Å². The van der Waals surface area contributed by atoms with Crippen molar-refractivity contribution in [3.63, 3.8) is 0 Å². The molecule has 0 saturated carbocycles. The van der Waals surface area contributed by atoms with Gasteiger partial charge in [0, 0.05) is 19.5 Å². The molecule has 0 aliphatic carbocycles. The van der Waals surface area contributed by atoms with Crippen LogP contribution >= 0.6 is 0 Å². The van der Waals surface area contributed by atoms with E-state index in [9.17, 15) is 24.0 Å². The minimum absolute atomic E-state index is 0.106. The predicted molar refractivity (Wildman–Crippen MR) is 115 cm³/mol. The standard InChI is InChI=1S/C22H28N4O7/c1-32-16-7-5-13(10-17(16)33-2)11-23-22(31)20(29)15-4-3-9-26(15)19(28)12-24-21(30)14-6-8-18(27)25-14/h5,7,10,14-15H,3-4,6,8-9,11-12H2,1-2H3,(H,23,31)(H,24,30)(H,25,27). The van der Waals surface area contributed by atoms with E-state index in [1.807, 2.05) is 0 Å². The van der Waals surface area contributed by atoms with Crippen LogP contribution in [0.25, 0.3) is 0 Å². The summed E-state index contributed by atoms with van der Waals surface area (Å²) >= 11 is 0. The number of nitrogens with one attached hydrogen (secondary N) is 3. The number of carbonyl (C=O) groups is 5. The molecule has 11 nitrogen and oxygen atoms in total. The third-order valence-electron chi connectivity index (χ3n) is 5.73. The van der Waals surface area contributed by atoms with E-state index in [0.717, 1.165) is 5.56 Å². The number of likely N-dealkylation sites (tertiary alicyclic amines) is 1. The molecule has 11 heteroatoms. The first-order chi connectivity index (χ1) is 15.8. The summed E-state index contributed by atoms with van der Waals surface area (Å²) in [4.78, 5) is 62.4. The van der Waals surface area contributed by atoms with Crippen molar-refractivity contribution < 1.29 is 33.4 Å². The van der Waals surface area contributed by atoms with Gasteiger partial charge in [0.2, 0.25) is 23.5 Å². The molecule has 0 spiro atoms. The lowest BCUT2D eigenvalue weighted by molar-refractivity contribution is -0.144. The van der Waals surface area contributed by atoms with Gasteiger partial charge in [-0.05, 0) is 37.0 Å². The highest BCUT2D eigenvalue weighted by atomic mass is 16.5. The van der Waals surface area contributed by atoms with E-state index in [1.165, 1.54) is 19.1 Å². The van der Waals surface area contributed by atoms with Gasteiger partial charge in [0.05, 0.1) is 20.8 Å². The van der Waals surface area contributed by atoms with Gasteiger partial charge < -0.3 is 30.3 Å². The first-order valence-corrected chi connectivity index (χ1v) is 10.7. The molecule has 0 radical (unpaired) electrons. The van der Waals surface area contributed by atoms with Gasteiger partial charge in [-0.25, -0.2) is 0 Å². The molecule has 4 amide bonds. The smallest absolute Gasteiger partial charge is 0.289 e. The highest BCUT2D eigenvalue weighted by Crippen LogP contribution is 2.27. The SMILES string of the molecule is COc1ccc(CNC(=O)C(=O)C2CCCN2C(=O)CNC(=O)C2CCC(=O)N2)cc1OC. The van der Waals surface area contributed by atoms with Crippen LogP contribution in [0.5, 0.6) is 11.5 Å². The van der Waals surface area contributed by atoms with Crippen molar-refractivity contribution >= 4 is 29.4 Å². The van der Waals surface area contributed by atoms with Gasteiger partial charge in [-0.2, -0.15) is 0 Å². The number of amides is 4. The number of rotatable bonds is 9. The molecule has 2 heterocycles. The average molecular weight is 460 g/mol. The minimum Gasteiger partial charge on any atom is -0.493 e. The van der Waals surface area contributed by atoms with E-state index in [4.69, 9.17) is 9.47 Å². The van der Waals surface area contributed by atoms with E-state index in [2.05, 4.69) is 16.0 Å². The molecule has 1 aromatic carbocycles. The number of Topliss-reactive ketones (excluding diaryl/α,β-unsaturated/α-hetero) is 1. The Balaban J connectivity index is 1.51. The molecule has 2 atom stereocenters. The molecule has 2 unspecified atom stereocenters. The summed E-state index contributed by atoms with van der Waals surface area (Å²) in [5.41, 5.74) is 0.717. The van der Waals surface area contributed by atoms with Gasteiger partial charge in [-0.3, -0.25) is 24.0 Å². The van der Waals surface area contributed by atoms with Crippen molar-refractivity contribution in [3.05, 3.63) is 23.8 Å². The van der Waals surface area contributed by atoms with Crippen LogP contribution in [-0.2, 0) is 30.5 Å². The fourth-order valence-corrected chi connectivity index (χ4v) is 3.95. The topological polar surface area (TPSA) is 143 Å². The Labute approximate surface area is 191 Å². The maximum atomic E-state index is 12.7. The van der Waals surface area contributed by atoms with Gasteiger partial charge in [-0.1, -0.05) is 6.07 Å². The second kappa shape index (κ2) is 10.8. The lowest BCUT2D eigenvalue weighted by Gasteiger charge is -2.23. The summed E-state index contributed by atoms with van der Waals surface area (Å²) in [6.07, 6.45) is 1.61. The molecule has 0 aromatic heterocycles. The molecule has 2 fully saturated rings. The third-order valence-corrected chi connectivity index (χ3v) is 5.73. The zero-order valence-corrected chi connectivity index (χ0v) is 18.6. The maximum Gasteiger partial charge on any atom is 0.289 e. The second-order valence-corrected chi connectivity index (χ2v) is 7.86. The fraction of sp³-hybridized carbons (Fsp3) is 0.500. The van der Waals surface area contributed by atoms with Crippen LogP contribution in [0, 0.1) is 0 Å². The monoisotopic (exact) mass is 460 g/mol. The number of benzene rings is 1. The van der Waals surface area contributed by atoms with Gasteiger partial charge >= 0.3 is 0 Å². The molecule has 178 valence electrons. The van der Waals surface area contributed by atoms with Crippen molar-refractivity contribution in [2.75, 3.05) is 27.3 Å². The van der Waals surface area contributed by atoms with Gasteiger partial charge in [0.1, 0.15) is 12.1 Å². The number of methoxy groups -OCH3 is 2. The Morgan fingerprint density at radius 3 is 2.52 bits per heavy atom. The number of nitrogens with zero attached hydrogens (tertiary/aromatic N) is 1. The number of hydrogen-bond acceptors (Lipinski definition) is 7. The van der Waals surface area contributed by atoms with Crippen LogP contribution < -0.4 is 25.4 Å². The lowest BCUT2D eigenvalue weighted by Crippen LogP contribution is -2.50. The summed E-state index contributed by atoms with van der Waals surface area (Å²) in [5.74, 6) is -1.53. The van der Waals surface area contributed by atoms with Gasteiger partial charge in [0.25, 0.3) is 5.91 Å². The second-order valence-electron chi connectivity index (χ2n) is 7.86. The normalized spacial score (nSPS) is 19.6. The zero-order chi connectivity index (χ0) is 24.0. The molecule has 2 aliphatic rings. The van der Waals surface area contributed by atoms with Crippen LogP contribution in [-0.4, -0.2) is 73.7 Å². The first kappa shape index (κ1) is 24.0. The summed E-state index contributed by atoms with van der Waals surface area (Å²) in [5, 5.41) is 7.61. The number of hydrogen-bond donors (Lipinski definition) is 3. The molecule has 33 heavy (non-hydrogen) atoms. The molecule has 3 N–H and O–H groups in total. The van der Waals surface area contributed by atoms with Crippen LogP contribution in [0.4, 0.5) is 0 Å². The first-order valence-electron chi connectivity index (χ1n) is 10.7. The van der Waals surface area contributed by atoms with Crippen LogP contribution in [0.3, 0.4) is 0 Å². The Morgan fingerprint density at radius 2 is 1.85 bits per heavy atom. The molecule has 2 saturated heterocycles. The van der Waals surface area contributed by atoms with E-state index < -0.39 is 35.6 Å². The minimum atomic E-state index is -0.869. The highest BCUT2D eigenvalue weighted by Gasteiger charge is 2.37. The number of carbonyl (C=O) groups excluding carboxylic acids is 5. The van der Waals surface area contributed by atoms with Crippen molar-refractivity contribution in [3.8, 4) is 11.5 Å². The average Bonchev–Trinajstić information content (AvgIpc) is 3.49. The van der Waals surface area contributed by atoms with E-state index in [0.29, 0.717) is 37.3 Å². The van der Waals surface area contributed by atoms with Crippen LogP contribution in [0.1, 0.15) is 31.2 Å². The molecule has 1 aromatic rings. The highest BCUT2D eigenvalue weighted by molar-refractivity contribution is 6.38. The molecule has 3 rings (SSSR count). The maximum absolute atomic E-state index is 12.7. The van der Waals surface area contributed by atoms with Gasteiger partial charge in [-0.15, -0.1) is 0 Å². The summed E-state index contributed by atoms with van der Waals surface area (Å²) < 4.78 is 10.4. The fourth-order valence-electron chi connectivity index (χ4n) is 3.95. The molecule has 2 aliphatic heterocycles. The van der Waals surface area contributed by atoms with Crippen LogP contribution in [0.2, 0.25) is 0 Å². The predicted octanol–water partition coefficient (Wildman–Crippen LogP) is -0.725. The van der Waals surface area contributed by atoms with Crippen molar-refractivity contribution in [2.24, 2.45) is 0 Å². The summed E-state index contributed by atoms with van der Waals surface area (Å²) in [6.45, 7) is 0.130. The van der Waals surface area contributed by atoms with E-state index in [-0.39, 0.29) is 25.4 Å². The Kier molecular flexibility index (Phi) is 7.86. The Morgan fingerprint density at radius 1 is 1.09 bits per heavy atom. The number of ether oxygens (including phenoxy) is 2. The van der Waals surface area contributed by atoms with Crippen molar-refractivity contribution in [1.82, 2.24) is 20.9 Å². The quantitative estimate of drug-likeness (QED) is 0.413. The van der Waals surface area contributed by atoms with Crippen LogP contribution in [0.15, 0.2) is 18.2 Å². The van der Waals surface area contributed by atoms with Crippen molar-refractivity contribution in [2.45, 2.75) is 44.3 Å². The Bertz CT molecular complexity index is 949. The Hall–Kier alpha value is -3.63. The largest absolute Gasteiger partial charge is 0.493 e. The van der Waals surface area contributed by atoms with E-state index >= 15 is 0 Å². The summed E-state index contributed by atoms with van der Waals surface area (Å²) in [6, 6.07) is 3.62. The lowest BCUT2D eigenvalue weighted by atomic mass is 10.1. The third kappa shape index (κ3) is 5.79. The van der Waals surface area contributed by atoms with E-state index in [1.54, 1.807) is 18.2 Å². The molecular weight excluding hydrogens is 432 g/mol. The molecule has 0 bridgehead atoms.